The van der Waals surface area contributed by atoms with Crippen LogP contribution in [0.25, 0.3) is 0 Å². The first-order valence-electron chi connectivity index (χ1n) is 3.23. The number of ether oxygens (including phenoxy) is 1. The van der Waals surface area contributed by atoms with Crippen molar-refractivity contribution >= 4 is 7.60 Å². The molecule has 10 heavy (non-hydrogen) atoms. The van der Waals surface area contributed by atoms with Crippen LogP contribution >= 0.6 is 7.60 Å². The summed E-state index contributed by atoms with van der Waals surface area (Å²) in [6.07, 6.45) is 1.35. The second-order valence-corrected chi connectivity index (χ2v) is 4.37. The van der Waals surface area contributed by atoms with E-state index >= 15 is 0 Å². The van der Waals surface area contributed by atoms with Gasteiger partial charge in [-0.1, -0.05) is 0 Å². The zero-order chi connectivity index (χ0) is 7.61. The lowest BCUT2D eigenvalue weighted by atomic mass is 10.2. The molecule has 0 aromatic heterocycles. The summed E-state index contributed by atoms with van der Waals surface area (Å²) in [4.78, 5) is 17.3. The first-order chi connectivity index (χ1) is 4.61. The second kappa shape index (κ2) is 3.01. The summed E-state index contributed by atoms with van der Waals surface area (Å²) in [5, 5.41) is 0. The van der Waals surface area contributed by atoms with E-state index < -0.39 is 13.3 Å². The summed E-state index contributed by atoms with van der Waals surface area (Å²) in [5.74, 6) is 0. The molecular weight excluding hydrogens is 155 g/mol. The predicted molar refractivity (Wildman–Crippen MR) is 35.9 cm³/mol. The average molecular weight is 166 g/mol. The van der Waals surface area contributed by atoms with Crippen molar-refractivity contribution in [3.63, 3.8) is 0 Å². The summed E-state index contributed by atoms with van der Waals surface area (Å²) in [7, 11) is -3.87. The lowest BCUT2D eigenvalue weighted by Crippen LogP contribution is -2.22. The monoisotopic (exact) mass is 166 g/mol. The van der Waals surface area contributed by atoms with Crippen LogP contribution in [0.4, 0.5) is 0 Å². The Morgan fingerprint density at radius 1 is 1.50 bits per heavy atom. The SMILES string of the molecule is O=P(O)(O)C1CCCOC1. The lowest BCUT2D eigenvalue weighted by molar-refractivity contribution is 0.0924. The maximum absolute atomic E-state index is 10.6. The second-order valence-electron chi connectivity index (χ2n) is 2.46. The number of rotatable bonds is 1. The molecule has 2 N–H and O–H groups in total. The Labute approximate surface area is 59.4 Å². The Morgan fingerprint density at radius 2 is 2.20 bits per heavy atom. The van der Waals surface area contributed by atoms with Crippen LogP contribution in [0.15, 0.2) is 0 Å². The van der Waals surface area contributed by atoms with Crippen LogP contribution < -0.4 is 0 Å². The van der Waals surface area contributed by atoms with E-state index in [0.717, 1.165) is 6.42 Å². The smallest absolute Gasteiger partial charge is 0.330 e. The molecule has 0 aromatic carbocycles. The highest BCUT2D eigenvalue weighted by atomic mass is 31.2. The van der Waals surface area contributed by atoms with Crippen LogP contribution in [0.3, 0.4) is 0 Å². The molecule has 1 unspecified atom stereocenters. The minimum atomic E-state index is -3.87. The first kappa shape index (κ1) is 8.21. The van der Waals surface area contributed by atoms with Gasteiger partial charge in [0.05, 0.1) is 12.3 Å². The quantitative estimate of drug-likeness (QED) is 0.551. The predicted octanol–water partition coefficient (Wildman–Crippen LogP) is 0.343. The molecule has 5 heteroatoms. The van der Waals surface area contributed by atoms with Gasteiger partial charge >= 0.3 is 7.60 Å². The van der Waals surface area contributed by atoms with Crippen LogP contribution in [-0.4, -0.2) is 28.7 Å². The molecule has 1 fully saturated rings. The minimum absolute atomic E-state index is 0.213. The third kappa shape index (κ3) is 2.06. The van der Waals surface area contributed by atoms with Gasteiger partial charge < -0.3 is 14.5 Å². The summed E-state index contributed by atoms with van der Waals surface area (Å²) < 4.78 is 15.5. The lowest BCUT2D eigenvalue weighted by Gasteiger charge is -2.22. The molecule has 1 aliphatic heterocycles. The van der Waals surface area contributed by atoms with E-state index in [1.807, 2.05) is 0 Å². The van der Waals surface area contributed by atoms with Crippen molar-refractivity contribution in [3.8, 4) is 0 Å². The van der Waals surface area contributed by atoms with Crippen molar-refractivity contribution in [2.24, 2.45) is 0 Å². The van der Waals surface area contributed by atoms with E-state index in [0.29, 0.717) is 13.0 Å². The molecule has 0 saturated carbocycles. The maximum Gasteiger partial charge on any atom is 0.330 e. The molecule has 60 valence electrons. The Morgan fingerprint density at radius 3 is 2.50 bits per heavy atom. The molecule has 0 radical (unpaired) electrons. The molecule has 1 heterocycles. The van der Waals surface area contributed by atoms with Crippen molar-refractivity contribution in [2.45, 2.75) is 18.5 Å². The van der Waals surface area contributed by atoms with E-state index in [1.165, 1.54) is 0 Å². The standard InChI is InChI=1S/C5H11O4P/c6-10(7,8)5-2-1-3-9-4-5/h5H,1-4H2,(H2,6,7,8). The first-order valence-corrected chi connectivity index (χ1v) is 4.92. The van der Waals surface area contributed by atoms with Gasteiger partial charge in [-0.25, -0.2) is 0 Å². The third-order valence-electron chi connectivity index (χ3n) is 1.61. The molecule has 1 saturated heterocycles. The van der Waals surface area contributed by atoms with Gasteiger partial charge in [0.15, 0.2) is 0 Å². The molecule has 0 amide bonds. The molecular formula is C5H11O4P. The molecule has 0 aromatic rings. The highest BCUT2D eigenvalue weighted by Crippen LogP contribution is 2.44. The van der Waals surface area contributed by atoms with Gasteiger partial charge in [-0.15, -0.1) is 0 Å². The van der Waals surface area contributed by atoms with Crippen LogP contribution in [-0.2, 0) is 9.30 Å². The summed E-state index contributed by atoms with van der Waals surface area (Å²) in [6, 6.07) is 0. The number of hydrogen-bond donors (Lipinski definition) is 2. The molecule has 0 spiro atoms. The van der Waals surface area contributed by atoms with Crippen molar-refractivity contribution < 1.29 is 19.1 Å². The maximum atomic E-state index is 10.6. The Bertz CT molecular complexity index is 146. The van der Waals surface area contributed by atoms with Gasteiger partial charge in [0, 0.05) is 6.61 Å². The minimum Gasteiger partial charge on any atom is -0.380 e. The van der Waals surface area contributed by atoms with E-state index in [9.17, 15) is 4.57 Å². The summed E-state index contributed by atoms with van der Waals surface area (Å²) >= 11 is 0. The Kier molecular flexibility index (Phi) is 2.47. The normalized spacial score (nSPS) is 28.4. The van der Waals surface area contributed by atoms with Crippen molar-refractivity contribution in [1.82, 2.24) is 0 Å². The van der Waals surface area contributed by atoms with Crippen molar-refractivity contribution in [3.05, 3.63) is 0 Å². The molecule has 0 aliphatic carbocycles. The van der Waals surface area contributed by atoms with Crippen LogP contribution in [0.1, 0.15) is 12.8 Å². The molecule has 1 atom stereocenters. The zero-order valence-electron chi connectivity index (χ0n) is 5.56. The zero-order valence-corrected chi connectivity index (χ0v) is 6.46. The fraction of sp³-hybridized carbons (Fsp3) is 1.00. The third-order valence-corrected chi connectivity index (χ3v) is 2.97. The van der Waals surface area contributed by atoms with Gasteiger partial charge in [0.1, 0.15) is 0 Å². The molecule has 4 nitrogen and oxygen atoms in total. The van der Waals surface area contributed by atoms with Crippen molar-refractivity contribution in [1.29, 1.82) is 0 Å². The summed E-state index contributed by atoms with van der Waals surface area (Å²) in [5.41, 5.74) is -0.554. The average Bonchev–Trinajstić information content (AvgIpc) is 1.88. The van der Waals surface area contributed by atoms with Gasteiger partial charge in [-0.05, 0) is 12.8 Å². The Hall–Kier alpha value is 0.110. The van der Waals surface area contributed by atoms with E-state index in [4.69, 9.17) is 14.5 Å². The van der Waals surface area contributed by atoms with Crippen LogP contribution in [0.2, 0.25) is 0 Å². The van der Waals surface area contributed by atoms with E-state index in [1.54, 1.807) is 0 Å². The van der Waals surface area contributed by atoms with Gasteiger partial charge in [-0.2, -0.15) is 0 Å². The number of hydrogen-bond acceptors (Lipinski definition) is 2. The van der Waals surface area contributed by atoms with Crippen LogP contribution in [0.5, 0.6) is 0 Å². The fourth-order valence-corrected chi connectivity index (χ4v) is 1.81. The van der Waals surface area contributed by atoms with Gasteiger partial charge in [-0.3, -0.25) is 4.57 Å². The van der Waals surface area contributed by atoms with E-state index in [2.05, 4.69) is 0 Å². The highest BCUT2D eigenvalue weighted by Gasteiger charge is 2.30. The van der Waals surface area contributed by atoms with Crippen LogP contribution in [0, 0.1) is 0 Å². The van der Waals surface area contributed by atoms with Gasteiger partial charge in [0.25, 0.3) is 0 Å². The molecule has 1 aliphatic rings. The Balaban J connectivity index is 2.47. The molecule has 0 bridgehead atoms. The molecule has 1 rings (SSSR count). The van der Waals surface area contributed by atoms with Gasteiger partial charge in [0.2, 0.25) is 0 Å². The fourth-order valence-electron chi connectivity index (χ4n) is 0.989. The topological polar surface area (TPSA) is 66.8 Å². The van der Waals surface area contributed by atoms with E-state index in [-0.39, 0.29) is 6.61 Å². The summed E-state index contributed by atoms with van der Waals surface area (Å²) in [6.45, 7) is 0.848. The largest absolute Gasteiger partial charge is 0.380 e. The van der Waals surface area contributed by atoms with Crippen molar-refractivity contribution in [2.75, 3.05) is 13.2 Å². The highest BCUT2D eigenvalue weighted by molar-refractivity contribution is 7.52.